The maximum atomic E-state index is 5.84. The summed E-state index contributed by atoms with van der Waals surface area (Å²) in [6.45, 7) is 7.39. The van der Waals surface area contributed by atoms with Crippen LogP contribution in [-0.2, 0) is 9.47 Å². The molecule has 1 aromatic carbocycles. The first kappa shape index (κ1) is 13.5. The first-order valence-electron chi connectivity index (χ1n) is 6.80. The second-order valence-electron chi connectivity index (χ2n) is 4.83. The molecular formula is C15H23NO2. The SMILES string of the molecule is CCCNC(c1cccc(C)c1)C1COCCO1. The molecule has 1 aromatic rings. The van der Waals surface area contributed by atoms with E-state index in [9.17, 15) is 0 Å². The minimum absolute atomic E-state index is 0.118. The van der Waals surface area contributed by atoms with Crippen molar-refractivity contribution in [3.8, 4) is 0 Å². The van der Waals surface area contributed by atoms with Gasteiger partial charge in [0.1, 0.15) is 6.10 Å². The molecule has 0 radical (unpaired) electrons. The number of benzene rings is 1. The summed E-state index contributed by atoms with van der Waals surface area (Å²) < 4.78 is 11.4. The molecule has 0 spiro atoms. The maximum absolute atomic E-state index is 5.84. The van der Waals surface area contributed by atoms with Gasteiger partial charge in [-0.15, -0.1) is 0 Å². The monoisotopic (exact) mass is 249 g/mol. The van der Waals surface area contributed by atoms with Gasteiger partial charge >= 0.3 is 0 Å². The Hall–Kier alpha value is -0.900. The average Bonchev–Trinajstić information content (AvgIpc) is 2.40. The molecule has 18 heavy (non-hydrogen) atoms. The van der Waals surface area contributed by atoms with Crippen LogP contribution >= 0.6 is 0 Å². The van der Waals surface area contributed by atoms with E-state index in [4.69, 9.17) is 9.47 Å². The van der Waals surface area contributed by atoms with Crippen LogP contribution in [-0.4, -0.2) is 32.5 Å². The number of aryl methyl sites for hydroxylation is 1. The molecular weight excluding hydrogens is 226 g/mol. The summed E-state index contributed by atoms with van der Waals surface area (Å²) >= 11 is 0. The lowest BCUT2D eigenvalue weighted by molar-refractivity contribution is -0.102. The van der Waals surface area contributed by atoms with Crippen LogP contribution in [0.1, 0.15) is 30.5 Å². The lowest BCUT2D eigenvalue weighted by Gasteiger charge is -2.31. The van der Waals surface area contributed by atoms with Gasteiger partial charge in [-0.2, -0.15) is 0 Å². The van der Waals surface area contributed by atoms with E-state index in [1.54, 1.807) is 0 Å². The van der Waals surface area contributed by atoms with E-state index in [1.165, 1.54) is 11.1 Å². The summed E-state index contributed by atoms with van der Waals surface area (Å²) in [6, 6.07) is 8.85. The van der Waals surface area contributed by atoms with Crippen LogP contribution in [0, 0.1) is 6.92 Å². The highest BCUT2D eigenvalue weighted by atomic mass is 16.6. The molecule has 2 unspecified atom stereocenters. The van der Waals surface area contributed by atoms with Crippen LogP contribution in [0.5, 0.6) is 0 Å². The zero-order valence-corrected chi connectivity index (χ0v) is 11.3. The largest absolute Gasteiger partial charge is 0.376 e. The smallest absolute Gasteiger partial charge is 0.100 e. The molecule has 1 saturated heterocycles. The highest BCUT2D eigenvalue weighted by molar-refractivity contribution is 5.26. The molecule has 100 valence electrons. The van der Waals surface area contributed by atoms with Crippen molar-refractivity contribution in [3.05, 3.63) is 35.4 Å². The standard InChI is InChI=1S/C15H23NO2/c1-3-7-16-15(14-11-17-8-9-18-14)13-6-4-5-12(2)10-13/h4-6,10,14-16H,3,7-9,11H2,1-2H3. The van der Waals surface area contributed by atoms with Gasteiger partial charge in [-0.3, -0.25) is 0 Å². The van der Waals surface area contributed by atoms with E-state index in [1.807, 2.05) is 0 Å². The fraction of sp³-hybridized carbons (Fsp3) is 0.600. The van der Waals surface area contributed by atoms with E-state index in [-0.39, 0.29) is 12.1 Å². The van der Waals surface area contributed by atoms with E-state index < -0.39 is 0 Å². The van der Waals surface area contributed by atoms with Crippen LogP contribution < -0.4 is 5.32 Å². The van der Waals surface area contributed by atoms with Crippen molar-refractivity contribution in [2.75, 3.05) is 26.4 Å². The van der Waals surface area contributed by atoms with E-state index >= 15 is 0 Å². The van der Waals surface area contributed by atoms with E-state index in [0.29, 0.717) is 19.8 Å². The van der Waals surface area contributed by atoms with Crippen LogP contribution in [0.2, 0.25) is 0 Å². The second-order valence-corrected chi connectivity index (χ2v) is 4.83. The fourth-order valence-corrected chi connectivity index (χ4v) is 2.33. The number of rotatable bonds is 5. The molecule has 0 aromatic heterocycles. The number of hydrogen-bond donors (Lipinski definition) is 1. The molecule has 1 N–H and O–H groups in total. The van der Waals surface area contributed by atoms with Gasteiger partial charge in [0.2, 0.25) is 0 Å². The Morgan fingerprint density at radius 3 is 2.94 bits per heavy atom. The number of ether oxygens (including phenoxy) is 2. The lowest BCUT2D eigenvalue weighted by Crippen LogP contribution is -2.40. The maximum Gasteiger partial charge on any atom is 0.100 e. The Kier molecular flexibility index (Phi) is 5.17. The van der Waals surface area contributed by atoms with Crippen molar-refractivity contribution in [2.24, 2.45) is 0 Å². The molecule has 0 bridgehead atoms. The number of nitrogens with one attached hydrogen (secondary N) is 1. The molecule has 0 aliphatic carbocycles. The quantitative estimate of drug-likeness (QED) is 0.869. The fourth-order valence-electron chi connectivity index (χ4n) is 2.33. The van der Waals surface area contributed by atoms with Crippen molar-refractivity contribution in [1.29, 1.82) is 0 Å². The molecule has 0 saturated carbocycles. The highest BCUT2D eigenvalue weighted by Crippen LogP contribution is 2.22. The molecule has 1 fully saturated rings. The molecule has 1 heterocycles. The summed E-state index contributed by atoms with van der Waals surface area (Å²) in [5.74, 6) is 0. The Bertz CT molecular complexity index is 361. The normalized spacial score (nSPS) is 21.8. The summed E-state index contributed by atoms with van der Waals surface area (Å²) in [6.07, 6.45) is 1.24. The Morgan fingerprint density at radius 1 is 1.39 bits per heavy atom. The highest BCUT2D eigenvalue weighted by Gasteiger charge is 2.26. The topological polar surface area (TPSA) is 30.5 Å². The molecule has 2 atom stereocenters. The Morgan fingerprint density at radius 2 is 2.28 bits per heavy atom. The third kappa shape index (κ3) is 3.55. The summed E-state index contributed by atoms with van der Waals surface area (Å²) in [5.41, 5.74) is 2.58. The van der Waals surface area contributed by atoms with Gasteiger partial charge in [0, 0.05) is 0 Å². The van der Waals surface area contributed by atoms with Crippen molar-refractivity contribution in [2.45, 2.75) is 32.4 Å². The first-order valence-corrected chi connectivity index (χ1v) is 6.80. The van der Waals surface area contributed by atoms with Crippen molar-refractivity contribution in [3.63, 3.8) is 0 Å². The zero-order chi connectivity index (χ0) is 12.8. The Labute approximate surface area is 109 Å². The van der Waals surface area contributed by atoms with E-state index in [2.05, 4.69) is 43.4 Å². The molecule has 2 rings (SSSR count). The minimum atomic E-state index is 0.118. The third-order valence-electron chi connectivity index (χ3n) is 3.23. The molecule has 0 amide bonds. The van der Waals surface area contributed by atoms with Gasteiger partial charge in [0.05, 0.1) is 25.9 Å². The molecule has 3 nitrogen and oxygen atoms in total. The van der Waals surface area contributed by atoms with Gasteiger partial charge in [-0.1, -0.05) is 36.8 Å². The second kappa shape index (κ2) is 6.88. The summed E-state index contributed by atoms with van der Waals surface area (Å²) in [5, 5.41) is 3.58. The first-order chi connectivity index (χ1) is 8.81. The van der Waals surface area contributed by atoms with Crippen LogP contribution in [0.3, 0.4) is 0 Å². The molecule has 1 aliphatic rings. The third-order valence-corrected chi connectivity index (χ3v) is 3.23. The van der Waals surface area contributed by atoms with Gasteiger partial charge in [-0.05, 0) is 25.5 Å². The van der Waals surface area contributed by atoms with Crippen LogP contribution in [0.4, 0.5) is 0 Å². The zero-order valence-electron chi connectivity index (χ0n) is 11.3. The van der Waals surface area contributed by atoms with Gasteiger partial charge in [-0.25, -0.2) is 0 Å². The van der Waals surface area contributed by atoms with Crippen molar-refractivity contribution < 1.29 is 9.47 Å². The summed E-state index contributed by atoms with van der Waals surface area (Å²) in [7, 11) is 0. The lowest BCUT2D eigenvalue weighted by atomic mass is 9.99. The van der Waals surface area contributed by atoms with E-state index in [0.717, 1.165) is 13.0 Å². The molecule has 1 aliphatic heterocycles. The van der Waals surface area contributed by atoms with Crippen molar-refractivity contribution in [1.82, 2.24) is 5.32 Å². The van der Waals surface area contributed by atoms with Gasteiger partial charge < -0.3 is 14.8 Å². The van der Waals surface area contributed by atoms with Gasteiger partial charge in [0.25, 0.3) is 0 Å². The average molecular weight is 249 g/mol. The molecule has 3 heteroatoms. The Balaban J connectivity index is 2.12. The van der Waals surface area contributed by atoms with Crippen LogP contribution in [0.15, 0.2) is 24.3 Å². The predicted molar refractivity (Wildman–Crippen MR) is 72.8 cm³/mol. The summed E-state index contributed by atoms with van der Waals surface area (Å²) in [4.78, 5) is 0. The minimum Gasteiger partial charge on any atom is -0.376 e. The van der Waals surface area contributed by atoms with Crippen molar-refractivity contribution >= 4 is 0 Å². The predicted octanol–water partition coefficient (Wildman–Crippen LogP) is 2.45. The number of hydrogen-bond acceptors (Lipinski definition) is 3. The van der Waals surface area contributed by atoms with Crippen LogP contribution in [0.25, 0.3) is 0 Å². The van der Waals surface area contributed by atoms with Gasteiger partial charge in [0.15, 0.2) is 0 Å².